The summed E-state index contributed by atoms with van der Waals surface area (Å²) in [5.41, 5.74) is 8.37. The quantitative estimate of drug-likeness (QED) is 0.943. The maximum absolute atomic E-state index is 6.20. The van der Waals surface area contributed by atoms with Gasteiger partial charge in [-0.3, -0.25) is 4.68 Å². The molecule has 0 aliphatic carbocycles. The summed E-state index contributed by atoms with van der Waals surface area (Å²) in [6.07, 6.45) is 1.80. The third kappa shape index (κ3) is 2.00. The molecule has 2 aromatic heterocycles. The van der Waals surface area contributed by atoms with Crippen LogP contribution in [-0.2, 0) is 6.54 Å². The van der Waals surface area contributed by atoms with Crippen molar-refractivity contribution in [1.29, 1.82) is 0 Å². The van der Waals surface area contributed by atoms with Gasteiger partial charge in [0.05, 0.1) is 22.4 Å². The zero-order valence-electron chi connectivity index (χ0n) is 8.35. The summed E-state index contributed by atoms with van der Waals surface area (Å²) in [6, 6.07) is 1.95. The van der Waals surface area contributed by atoms with Crippen LogP contribution in [0.3, 0.4) is 0 Å². The second kappa shape index (κ2) is 4.47. The Labute approximate surface area is 101 Å². The highest BCUT2D eigenvalue weighted by Crippen LogP contribution is 2.27. The SMILES string of the molecule is CCn1ncc(Br)c1C(N)c1ccsc1. The predicted octanol–water partition coefficient (Wildman–Crippen LogP) is 2.78. The number of nitrogens with two attached hydrogens (primary N) is 1. The minimum absolute atomic E-state index is 0.104. The lowest BCUT2D eigenvalue weighted by Gasteiger charge is -2.12. The Morgan fingerprint density at radius 2 is 2.47 bits per heavy atom. The predicted molar refractivity (Wildman–Crippen MR) is 66.0 cm³/mol. The van der Waals surface area contributed by atoms with E-state index in [1.165, 1.54) is 0 Å². The fraction of sp³-hybridized carbons (Fsp3) is 0.300. The summed E-state index contributed by atoms with van der Waals surface area (Å²) >= 11 is 5.14. The van der Waals surface area contributed by atoms with Gasteiger partial charge in [-0.15, -0.1) is 0 Å². The molecule has 2 heterocycles. The Balaban J connectivity index is 2.40. The first-order valence-electron chi connectivity index (χ1n) is 4.73. The summed E-state index contributed by atoms with van der Waals surface area (Å²) in [4.78, 5) is 0. The molecule has 0 fully saturated rings. The fourth-order valence-corrected chi connectivity index (χ4v) is 2.78. The standard InChI is InChI=1S/C10H12BrN3S/c1-2-14-10(8(11)5-13-14)9(12)7-3-4-15-6-7/h3-6,9H,2,12H2,1H3. The first kappa shape index (κ1) is 10.9. The topological polar surface area (TPSA) is 43.8 Å². The molecule has 0 aromatic carbocycles. The molecular formula is C10H12BrN3S. The van der Waals surface area contributed by atoms with Gasteiger partial charge in [0.1, 0.15) is 0 Å². The van der Waals surface area contributed by atoms with Crippen molar-refractivity contribution in [2.45, 2.75) is 19.5 Å². The van der Waals surface area contributed by atoms with Gasteiger partial charge < -0.3 is 5.73 Å². The molecule has 2 rings (SSSR count). The van der Waals surface area contributed by atoms with Gasteiger partial charge in [-0.05, 0) is 45.2 Å². The van der Waals surface area contributed by atoms with Crippen LogP contribution in [0.2, 0.25) is 0 Å². The average Bonchev–Trinajstić information content (AvgIpc) is 2.85. The molecular weight excluding hydrogens is 274 g/mol. The molecule has 2 aromatic rings. The van der Waals surface area contributed by atoms with Gasteiger partial charge in [0.25, 0.3) is 0 Å². The van der Waals surface area contributed by atoms with E-state index < -0.39 is 0 Å². The zero-order chi connectivity index (χ0) is 10.8. The van der Waals surface area contributed by atoms with Gasteiger partial charge >= 0.3 is 0 Å². The van der Waals surface area contributed by atoms with E-state index in [9.17, 15) is 0 Å². The summed E-state index contributed by atoms with van der Waals surface area (Å²) in [5, 5.41) is 8.37. The van der Waals surface area contributed by atoms with Crippen molar-refractivity contribution in [3.63, 3.8) is 0 Å². The third-order valence-corrected chi connectivity index (χ3v) is 3.64. The number of aromatic nitrogens is 2. The van der Waals surface area contributed by atoms with E-state index in [0.29, 0.717) is 0 Å². The van der Waals surface area contributed by atoms with E-state index in [0.717, 1.165) is 22.3 Å². The normalized spacial score (nSPS) is 13.0. The van der Waals surface area contributed by atoms with Gasteiger partial charge in [0.15, 0.2) is 0 Å². The van der Waals surface area contributed by atoms with Crippen molar-refractivity contribution < 1.29 is 0 Å². The highest BCUT2D eigenvalue weighted by molar-refractivity contribution is 9.10. The monoisotopic (exact) mass is 285 g/mol. The maximum atomic E-state index is 6.20. The van der Waals surface area contributed by atoms with Crippen LogP contribution in [0.25, 0.3) is 0 Å². The minimum atomic E-state index is -0.104. The molecule has 5 heteroatoms. The number of thiophene rings is 1. The number of aryl methyl sites for hydroxylation is 1. The van der Waals surface area contributed by atoms with Gasteiger partial charge in [0, 0.05) is 6.54 Å². The highest BCUT2D eigenvalue weighted by atomic mass is 79.9. The lowest BCUT2D eigenvalue weighted by Crippen LogP contribution is -2.17. The molecule has 0 aliphatic rings. The maximum Gasteiger partial charge on any atom is 0.0742 e. The fourth-order valence-electron chi connectivity index (χ4n) is 1.54. The molecule has 3 nitrogen and oxygen atoms in total. The summed E-state index contributed by atoms with van der Waals surface area (Å²) in [7, 11) is 0. The number of hydrogen-bond acceptors (Lipinski definition) is 3. The number of nitrogens with zero attached hydrogens (tertiary/aromatic N) is 2. The van der Waals surface area contributed by atoms with Crippen LogP contribution in [0, 0.1) is 0 Å². The number of rotatable bonds is 3. The summed E-state index contributed by atoms with van der Waals surface area (Å²) < 4.78 is 2.90. The van der Waals surface area contributed by atoms with E-state index in [4.69, 9.17) is 5.73 Å². The smallest absolute Gasteiger partial charge is 0.0742 e. The molecule has 0 amide bonds. The van der Waals surface area contributed by atoms with Crippen LogP contribution in [0.4, 0.5) is 0 Å². The lowest BCUT2D eigenvalue weighted by molar-refractivity contribution is 0.600. The first-order valence-corrected chi connectivity index (χ1v) is 6.46. The van der Waals surface area contributed by atoms with Crippen molar-refractivity contribution in [1.82, 2.24) is 9.78 Å². The van der Waals surface area contributed by atoms with Gasteiger partial charge in [-0.25, -0.2) is 0 Å². The van der Waals surface area contributed by atoms with E-state index in [1.54, 1.807) is 17.5 Å². The highest BCUT2D eigenvalue weighted by Gasteiger charge is 2.17. The number of halogens is 1. The van der Waals surface area contributed by atoms with Gasteiger partial charge in [-0.1, -0.05) is 0 Å². The Morgan fingerprint density at radius 1 is 1.67 bits per heavy atom. The molecule has 0 bridgehead atoms. The summed E-state index contributed by atoms with van der Waals surface area (Å²) in [6.45, 7) is 2.89. The van der Waals surface area contributed by atoms with E-state index in [2.05, 4.69) is 39.4 Å². The van der Waals surface area contributed by atoms with Crippen molar-refractivity contribution in [2.24, 2.45) is 5.73 Å². The summed E-state index contributed by atoms with van der Waals surface area (Å²) in [5.74, 6) is 0. The zero-order valence-corrected chi connectivity index (χ0v) is 10.8. The van der Waals surface area contributed by atoms with Crippen LogP contribution in [0.15, 0.2) is 27.5 Å². The van der Waals surface area contributed by atoms with Crippen LogP contribution in [-0.4, -0.2) is 9.78 Å². The molecule has 0 radical (unpaired) electrons. The van der Waals surface area contributed by atoms with Crippen molar-refractivity contribution in [3.05, 3.63) is 38.8 Å². The Kier molecular flexibility index (Phi) is 3.23. The van der Waals surface area contributed by atoms with Crippen LogP contribution in [0.1, 0.15) is 24.2 Å². The second-order valence-corrected chi connectivity index (χ2v) is 4.86. The van der Waals surface area contributed by atoms with Crippen LogP contribution in [0.5, 0.6) is 0 Å². The van der Waals surface area contributed by atoms with Gasteiger partial charge in [-0.2, -0.15) is 16.4 Å². The van der Waals surface area contributed by atoms with Crippen molar-refractivity contribution in [3.8, 4) is 0 Å². The molecule has 0 saturated heterocycles. The molecule has 0 spiro atoms. The molecule has 80 valence electrons. The molecule has 1 unspecified atom stereocenters. The Hall–Kier alpha value is -0.650. The van der Waals surface area contributed by atoms with Crippen LogP contribution >= 0.6 is 27.3 Å². The minimum Gasteiger partial charge on any atom is -0.319 e. The van der Waals surface area contributed by atoms with Crippen molar-refractivity contribution in [2.75, 3.05) is 0 Å². The lowest BCUT2D eigenvalue weighted by atomic mass is 10.1. The van der Waals surface area contributed by atoms with E-state index in [-0.39, 0.29) is 6.04 Å². The Morgan fingerprint density at radius 3 is 3.07 bits per heavy atom. The van der Waals surface area contributed by atoms with E-state index >= 15 is 0 Å². The van der Waals surface area contributed by atoms with E-state index in [1.807, 2.05) is 10.1 Å². The molecule has 15 heavy (non-hydrogen) atoms. The molecule has 0 saturated carbocycles. The molecule has 0 aliphatic heterocycles. The molecule has 1 atom stereocenters. The van der Waals surface area contributed by atoms with Crippen molar-refractivity contribution >= 4 is 27.3 Å². The van der Waals surface area contributed by atoms with Gasteiger partial charge in [0.2, 0.25) is 0 Å². The largest absolute Gasteiger partial charge is 0.319 e. The second-order valence-electron chi connectivity index (χ2n) is 3.23. The van der Waals surface area contributed by atoms with Crippen LogP contribution < -0.4 is 5.73 Å². The third-order valence-electron chi connectivity index (χ3n) is 2.33. The average molecular weight is 286 g/mol. The molecule has 2 N–H and O–H groups in total. The number of hydrogen-bond donors (Lipinski definition) is 1. The Bertz CT molecular complexity index is 435. The first-order chi connectivity index (χ1) is 7.24.